The van der Waals surface area contributed by atoms with Gasteiger partial charge in [-0.1, -0.05) is 30.3 Å². The van der Waals surface area contributed by atoms with Crippen molar-refractivity contribution in [3.63, 3.8) is 0 Å². The van der Waals surface area contributed by atoms with Gasteiger partial charge < -0.3 is 9.84 Å². The Morgan fingerprint density at radius 1 is 1.19 bits per heavy atom. The van der Waals surface area contributed by atoms with Gasteiger partial charge in [-0.25, -0.2) is 4.79 Å². The van der Waals surface area contributed by atoms with E-state index in [4.69, 9.17) is 9.84 Å². The van der Waals surface area contributed by atoms with Gasteiger partial charge in [-0.3, -0.25) is 0 Å². The van der Waals surface area contributed by atoms with E-state index in [-0.39, 0.29) is 0 Å². The highest BCUT2D eigenvalue weighted by molar-refractivity contribution is 6.04. The highest BCUT2D eigenvalue weighted by Gasteiger charge is 2.09. The van der Waals surface area contributed by atoms with Crippen LogP contribution < -0.4 is 0 Å². The van der Waals surface area contributed by atoms with Crippen LogP contribution in [0.4, 0.5) is 0 Å². The number of carboxylic acid groups (broad SMARTS) is 1. The number of ether oxygens (including phenoxy) is 1. The highest BCUT2D eigenvalue weighted by atomic mass is 16.5. The summed E-state index contributed by atoms with van der Waals surface area (Å²) in [5.74, 6) is -0.903. The largest absolute Gasteiger partial charge is 0.478 e. The van der Waals surface area contributed by atoms with Crippen LogP contribution in [-0.2, 0) is 11.3 Å². The molecule has 2 aromatic rings. The molecule has 0 aliphatic heterocycles. The summed E-state index contributed by atoms with van der Waals surface area (Å²) >= 11 is 0. The summed E-state index contributed by atoms with van der Waals surface area (Å²) in [7, 11) is 1.62. The second-order valence-electron chi connectivity index (χ2n) is 3.56. The average Bonchev–Trinajstić information content (AvgIpc) is 2.29. The smallest absolute Gasteiger partial charge is 0.336 e. The molecule has 2 aromatic carbocycles. The fourth-order valence-corrected chi connectivity index (χ4v) is 1.84. The van der Waals surface area contributed by atoms with Gasteiger partial charge in [0.1, 0.15) is 0 Å². The number of hydrogen-bond acceptors (Lipinski definition) is 2. The van der Waals surface area contributed by atoms with Crippen LogP contribution in [0.15, 0.2) is 36.4 Å². The molecule has 1 N–H and O–H groups in total. The van der Waals surface area contributed by atoms with E-state index in [2.05, 4.69) is 0 Å². The van der Waals surface area contributed by atoms with Gasteiger partial charge in [0.25, 0.3) is 0 Å². The number of carboxylic acids is 1. The van der Waals surface area contributed by atoms with Crippen LogP contribution >= 0.6 is 0 Å². The summed E-state index contributed by atoms with van der Waals surface area (Å²) in [6.45, 7) is 0.487. The molecule has 0 spiro atoms. The quantitative estimate of drug-likeness (QED) is 0.858. The van der Waals surface area contributed by atoms with E-state index in [1.54, 1.807) is 19.2 Å². The Kier molecular flexibility index (Phi) is 2.88. The lowest BCUT2D eigenvalue weighted by molar-refractivity contribution is 0.0699. The predicted molar refractivity (Wildman–Crippen MR) is 61.6 cm³/mol. The van der Waals surface area contributed by atoms with Gasteiger partial charge in [0, 0.05) is 7.11 Å². The predicted octanol–water partition coefficient (Wildman–Crippen LogP) is 2.68. The van der Waals surface area contributed by atoms with Gasteiger partial charge >= 0.3 is 5.97 Å². The number of hydrogen-bond donors (Lipinski definition) is 1. The molecule has 3 nitrogen and oxygen atoms in total. The van der Waals surface area contributed by atoms with E-state index in [0.29, 0.717) is 12.2 Å². The van der Waals surface area contributed by atoms with E-state index in [1.165, 1.54) is 0 Å². The van der Waals surface area contributed by atoms with Crippen LogP contribution in [0, 0.1) is 0 Å². The van der Waals surface area contributed by atoms with E-state index >= 15 is 0 Å². The molecule has 0 amide bonds. The number of carbonyl (C=O) groups is 1. The Morgan fingerprint density at radius 3 is 2.56 bits per heavy atom. The summed E-state index contributed by atoms with van der Waals surface area (Å²) in [6, 6.07) is 10.9. The van der Waals surface area contributed by atoms with E-state index in [1.807, 2.05) is 24.3 Å². The maximum absolute atomic E-state index is 11.1. The van der Waals surface area contributed by atoms with Crippen LogP contribution in [0.25, 0.3) is 10.8 Å². The van der Waals surface area contributed by atoms with Crippen molar-refractivity contribution in [1.29, 1.82) is 0 Å². The van der Waals surface area contributed by atoms with E-state index in [9.17, 15) is 4.79 Å². The topological polar surface area (TPSA) is 46.5 Å². The zero-order chi connectivity index (χ0) is 11.5. The van der Waals surface area contributed by atoms with Crippen molar-refractivity contribution in [3.05, 3.63) is 47.5 Å². The normalized spacial score (nSPS) is 10.6. The Bertz CT molecular complexity index is 532. The van der Waals surface area contributed by atoms with Gasteiger partial charge in [0.15, 0.2) is 0 Å². The molecule has 0 aromatic heterocycles. The molecule has 0 radical (unpaired) electrons. The lowest BCUT2D eigenvalue weighted by Gasteiger charge is -2.07. The van der Waals surface area contributed by atoms with Crippen molar-refractivity contribution in [2.75, 3.05) is 7.11 Å². The van der Waals surface area contributed by atoms with Gasteiger partial charge in [-0.15, -0.1) is 0 Å². The summed E-state index contributed by atoms with van der Waals surface area (Å²) in [5, 5.41) is 10.8. The highest BCUT2D eigenvalue weighted by Crippen LogP contribution is 2.23. The van der Waals surface area contributed by atoms with Crippen LogP contribution in [0.5, 0.6) is 0 Å². The summed E-state index contributed by atoms with van der Waals surface area (Å²) < 4.78 is 5.09. The van der Waals surface area contributed by atoms with Crippen molar-refractivity contribution in [2.45, 2.75) is 6.61 Å². The van der Waals surface area contributed by atoms with Gasteiger partial charge in [-0.05, 0) is 22.4 Å². The first-order chi connectivity index (χ1) is 7.74. The fourth-order valence-electron chi connectivity index (χ4n) is 1.84. The number of methoxy groups -OCH3 is 1. The average molecular weight is 216 g/mol. The molecule has 82 valence electrons. The van der Waals surface area contributed by atoms with Crippen LogP contribution in [-0.4, -0.2) is 18.2 Å². The molecule has 0 aliphatic rings. The van der Waals surface area contributed by atoms with Crippen LogP contribution in [0.3, 0.4) is 0 Å². The Labute approximate surface area is 93.3 Å². The first-order valence-electron chi connectivity index (χ1n) is 4.97. The molecule has 0 heterocycles. The molecule has 0 atom stereocenters. The SMILES string of the molecule is COCc1cccc2c(C(=O)O)cccc12. The number of aromatic carboxylic acids is 1. The van der Waals surface area contributed by atoms with Crippen molar-refractivity contribution >= 4 is 16.7 Å². The Balaban J connectivity index is 2.71. The van der Waals surface area contributed by atoms with Crippen LogP contribution in [0.1, 0.15) is 15.9 Å². The minimum atomic E-state index is -0.903. The zero-order valence-corrected chi connectivity index (χ0v) is 8.93. The lowest BCUT2D eigenvalue weighted by atomic mass is 10.0. The standard InChI is InChI=1S/C13H12O3/c1-16-8-9-4-2-6-11-10(9)5-3-7-12(11)13(14)15/h2-7H,8H2,1H3,(H,14,15). The molecular formula is C13H12O3. The second-order valence-corrected chi connectivity index (χ2v) is 3.56. The van der Waals surface area contributed by atoms with Gasteiger partial charge in [0.2, 0.25) is 0 Å². The van der Waals surface area contributed by atoms with Crippen molar-refractivity contribution in [3.8, 4) is 0 Å². The Morgan fingerprint density at radius 2 is 1.88 bits per heavy atom. The minimum Gasteiger partial charge on any atom is -0.478 e. The van der Waals surface area contributed by atoms with Crippen LogP contribution in [0.2, 0.25) is 0 Å². The molecule has 0 saturated heterocycles. The molecule has 0 saturated carbocycles. The maximum Gasteiger partial charge on any atom is 0.336 e. The molecular weight excluding hydrogens is 204 g/mol. The number of rotatable bonds is 3. The number of fused-ring (bicyclic) bond motifs is 1. The molecule has 0 bridgehead atoms. The van der Waals surface area contributed by atoms with Gasteiger partial charge in [0.05, 0.1) is 12.2 Å². The maximum atomic E-state index is 11.1. The summed E-state index contributed by atoms with van der Waals surface area (Å²) in [5.41, 5.74) is 1.33. The van der Waals surface area contributed by atoms with Gasteiger partial charge in [-0.2, -0.15) is 0 Å². The lowest BCUT2D eigenvalue weighted by Crippen LogP contribution is -1.98. The third-order valence-electron chi connectivity index (χ3n) is 2.54. The van der Waals surface area contributed by atoms with E-state index in [0.717, 1.165) is 16.3 Å². The van der Waals surface area contributed by atoms with Crippen molar-refractivity contribution < 1.29 is 14.6 Å². The Hall–Kier alpha value is -1.87. The molecule has 0 fully saturated rings. The first-order valence-corrected chi connectivity index (χ1v) is 4.97. The third-order valence-corrected chi connectivity index (χ3v) is 2.54. The minimum absolute atomic E-state index is 0.329. The summed E-state index contributed by atoms with van der Waals surface area (Å²) in [6.07, 6.45) is 0. The molecule has 3 heteroatoms. The summed E-state index contributed by atoms with van der Waals surface area (Å²) in [4.78, 5) is 11.1. The zero-order valence-electron chi connectivity index (χ0n) is 8.93. The van der Waals surface area contributed by atoms with Crippen molar-refractivity contribution in [1.82, 2.24) is 0 Å². The number of benzene rings is 2. The first kappa shape index (κ1) is 10.6. The molecule has 2 rings (SSSR count). The van der Waals surface area contributed by atoms with Crippen molar-refractivity contribution in [2.24, 2.45) is 0 Å². The molecule has 0 aliphatic carbocycles. The molecule has 0 unspecified atom stereocenters. The molecule has 16 heavy (non-hydrogen) atoms. The third kappa shape index (κ3) is 1.77. The monoisotopic (exact) mass is 216 g/mol. The van der Waals surface area contributed by atoms with E-state index < -0.39 is 5.97 Å². The fraction of sp³-hybridized carbons (Fsp3) is 0.154. The second kappa shape index (κ2) is 4.33.